The van der Waals surface area contributed by atoms with Gasteiger partial charge >= 0.3 is 6.18 Å². The summed E-state index contributed by atoms with van der Waals surface area (Å²) in [5.41, 5.74) is -0.443. The van der Waals surface area contributed by atoms with Crippen molar-refractivity contribution < 1.29 is 13.2 Å². The second-order valence-electron chi connectivity index (χ2n) is 3.07. The first kappa shape index (κ1) is 11.3. The van der Waals surface area contributed by atoms with E-state index in [-0.39, 0.29) is 16.8 Å². The third kappa shape index (κ3) is 2.59. The summed E-state index contributed by atoms with van der Waals surface area (Å²) in [5, 5.41) is 7.27. The highest BCUT2D eigenvalue weighted by Crippen LogP contribution is 2.30. The lowest BCUT2D eigenvalue weighted by Gasteiger charge is -2.09. The fourth-order valence-electron chi connectivity index (χ4n) is 1.09. The van der Waals surface area contributed by atoms with Crippen LogP contribution >= 0.6 is 0 Å². The molecule has 1 N–H and O–H groups in total. The summed E-state index contributed by atoms with van der Waals surface area (Å²) in [7, 11) is 0. The number of halogens is 3. The van der Waals surface area contributed by atoms with Gasteiger partial charge in [-0.1, -0.05) is 5.92 Å². The SMILES string of the molecule is C#Cc1cc(C(C)=N)cc(C(F)(F)F)c1. The van der Waals surface area contributed by atoms with Crippen LogP contribution in [0.4, 0.5) is 13.2 Å². The highest BCUT2D eigenvalue weighted by molar-refractivity contribution is 5.96. The maximum Gasteiger partial charge on any atom is 0.416 e. The van der Waals surface area contributed by atoms with Gasteiger partial charge in [-0.2, -0.15) is 13.2 Å². The van der Waals surface area contributed by atoms with Crippen molar-refractivity contribution in [2.24, 2.45) is 0 Å². The monoisotopic (exact) mass is 211 g/mol. The smallest absolute Gasteiger partial charge is 0.305 e. The van der Waals surface area contributed by atoms with Crippen molar-refractivity contribution in [3.05, 3.63) is 34.9 Å². The van der Waals surface area contributed by atoms with Crippen LogP contribution in [0.1, 0.15) is 23.6 Å². The molecule has 0 aliphatic carbocycles. The van der Waals surface area contributed by atoms with Gasteiger partial charge in [0, 0.05) is 11.3 Å². The number of hydrogen-bond acceptors (Lipinski definition) is 1. The maximum absolute atomic E-state index is 12.4. The van der Waals surface area contributed by atoms with E-state index in [0.717, 1.165) is 12.1 Å². The fraction of sp³-hybridized carbons (Fsp3) is 0.182. The minimum absolute atomic E-state index is 0.0533. The van der Waals surface area contributed by atoms with E-state index in [0.29, 0.717) is 0 Å². The first-order chi connectivity index (χ1) is 6.84. The molecule has 0 aliphatic rings. The van der Waals surface area contributed by atoms with Gasteiger partial charge in [0.2, 0.25) is 0 Å². The third-order valence-electron chi connectivity index (χ3n) is 1.86. The van der Waals surface area contributed by atoms with Crippen LogP contribution in [0, 0.1) is 17.8 Å². The van der Waals surface area contributed by atoms with Crippen LogP contribution in [0.15, 0.2) is 18.2 Å². The summed E-state index contributed by atoms with van der Waals surface area (Å²) in [6, 6.07) is 3.20. The highest BCUT2D eigenvalue weighted by Gasteiger charge is 2.31. The Morgan fingerprint density at radius 3 is 2.33 bits per heavy atom. The molecule has 0 atom stereocenters. The minimum Gasteiger partial charge on any atom is -0.305 e. The van der Waals surface area contributed by atoms with Gasteiger partial charge < -0.3 is 5.41 Å². The molecule has 0 amide bonds. The zero-order valence-electron chi connectivity index (χ0n) is 7.94. The van der Waals surface area contributed by atoms with Gasteiger partial charge in [0.05, 0.1) is 5.56 Å². The summed E-state index contributed by atoms with van der Waals surface area (Å²) < 4.78 is 37.2. The predicted octanol–water partition coefficient (Wildman–Crippen LogP) is 3.07. The van der Waals surface area contributed by atoms with Crippen LogP contribution in [0.2, 0.25) is 0 Å². The molecule has 0 unspecified atom stereocenters. The molecular formula is C11H8F3N. The molecule has 0 aliphatic heterocycles. The van der Waals surface area contributed by atoms with Crippen LogP contribution in [0.3, 0.4) is 0 Å². The Hall–Kier alpha value is -1.76. The molecule has 0 saturated heterocycles. The first-order valence-electron chi connectivity index (χ1n) is 4.09. The molecule has 0 saturated carbocycles. The van der Waals surface area contributed by atoms with E-state index in [4.69, 9.17) is 11.8 Å². The normalized spacial score (nSPS) is 10.9. The zero-order valence-corrected chi connectivity index (χ0v) is 7.94. The van der Waals surface area contributed by atoms with Gasteiger partial charge in [-0.15, -0.1) is 6.42 Å². The Balaban J connectivity index is 3.38. The van der Waals surface area contributed by atoms with Gasteiger partial charge in [-0.05, 0) is 30.7 Å². The van der Waals surface area contributed by atoms with E-state index in [1.54, 1.807) is 0 Å². The number of rotatable bonds is 1. The van der Waals surface area contributed by atoms with Crippen LogP contribution in [-0.2, 0) is 6.18 Å². The number of terminal acetylenes is 1. The molecule has 0 spiro atoms. The van der Waals surface area contributed by atoms with Crippen LogP contribution in [0.25, 0.3) is 0 Å². The maximum atomic E-state index is 12.4. The molecule has 15 heavy (non-hydrogen) atoms. The molecule has 1 rings (SSSR count). The quantitative estimate of drug-likeness (QED) is 0.545. The lowest BCUT2D eigenvalue weighted by Crippen LogP contribution is -2.07. The molecule has 0 heterocycles. The average molecular weight is 211 g/mol. The highest BCUT2D eigenvalue weighted by atomic mass is 19.4. The Kier molecular flexibility index (Phi) is 2.85. The molecule has 0 bridgehead atoms. The third-order valence-corrected chi connectivity index (χ3v) is 1.86. The predicted molar refractivity (Wildman–Crippen MR) is 51.9 cm³/mol. The molecule has 0 fully saturated rings. The Morgan fingerprint density at radius 1 is 1.33 bits per heavy atom. The lowest BCUT2D eigenvalue weighted by molar-refractivity contribution is -0.137. The summed E-state index contributed by atoms with van der Waals surface area (Å²) in [5.74, 6) is 2.14. The molecule has 1 aromatic carbocycles. The van der Waals surface area contributed by atoms with Crippen molar-refractivity contribution in [1.29, 1.82) is 5.41 Å². The van der Waals surface area contributed by atoms with Crippen LogP contribution < -0.4 is 0 Å². The van der Waals surface area contributed by atoms with Crippen LogP contribution in [-0.4, -0.2) is 5.71 Å². The second-order valence-corrected chi connectivity index (χ2v) is 3.07. The molecule has 78 valence electrons. The summed E-state index contributed by atoms with van der Waals surface area (Å²) in [4.78, 5) is 0. The van der Waals surface area contributed by atoms with E-state index < -0.39 is 11.7 Å². The van der Waals surface area contributed by atoms with Gasteiger partial charge in [-0.25, -0.2) is 0 Å². The van der Waals surface area contributed by atoms with E-state index in [9.17, 15) is 13.2 Å². The second kappa shape index (κ2) is 3.77. The Labute approximate surface area is 85.4 Å². The van der Waals surface area contributed by atoms with Gasteiger partial charge in [-0.3, -0.25) is 0 Å². The summed E-state index contributed by atoms with van der Waals surface area (Å²) in [6.07, 6.45) is 0.610. The summed E-state index contributed by atoms with van der Waals surface area (Å²) in [6.45, 7) is 1.41. The van der Waals surface area contributed by atoms with Crippen LogP contribution in [0.5, 0.6) is 0 Å². The standard InChI is InChI=1S/C11H8F3N/c1-3-8-4-9(7(2)15)6-10(5-8)11(12,13)14/h1,4-6,15H,2H3. The molecule has 1 aromatic rings. The number of nitrogens with one attached hydrogen (secondary N) is 1. The summed E-state index contributed by atoms with van der Waals surface area (Å²) >= 11 is 0. The number of benzene rings is 1. The topological polar surface area (TPSA) is 23.9 Å². The van der Waals surface area contributed by atoms with Crippen molar-refractivity contribution in [2.75, 3.05) is 0 Å². The molecular weight excluding hydrogens is 203 g/mol. The largest absolute Gasteiger partial charge is 0.416 e. The first-order valence-corrected chi connectivity index (χ1v) is 4.09. The minimum atomic E-state index is -4.43. The van der Waals surface area contributed by atoms with E-state index in [1.165, 1.54) is 13.0 Å². The molecule has 4 heteroatoms. The van der Waals surface area contributed by atoms with Crippen molar-refractivity contribution in [3.8, 4) is 12.3 Å². The average Bonchev–Trinajstić information content (AvgIpc) is 2.15. The fourth-order valence-corrected chi connectivity index (χ4v) is 1.09. The lowest BCUT2D eigenvalue weighted by atomic mass is 10.0. The number of hydrogen-bond donors (Lipinski definition) is 1. The molecule has 1 nitrogen and oxygen atoms in total. The Bertz CT molecular complexity index is 438. The molecule has 0 aromatic heterocycles. The van der Waals surface area contributed by atoms with E-state index >= 15 is 0 Å². The van der Waals surface area contributed by atoms with Gasteiger partial charge in [0.15, 0.2) is 0 Å². The van der Waals surface area contributed by atoms with Crippen molar-refractivity contribution in [3.63, 3.8) is 0 Å². The van der Waals surface area contributed by atoms with E-state index in [1.807, 2.05) is 0 Å². The number of alkyl halides is 3. The Morgan fingerprint density at radius 2 is 1.93 bits per heavy atom. The zero-order chi connectivity index (χ0) is 11.6. The van der Waals surface area contributed by atoms with Gasteiger partial charge in [0.1, 0.15) is 0 Å². The van der Waals surface area contributed by atoms with Crippen molar-refractivity contribution >= 4 is 5.71 Å². The van der Waals surface area contributed by atoms with Crippen molar-refractivity contribution in [1.82, 2.24) is 0 Å². The van der Waals surface area contributed by atoms with Crippen molar-refractivity contribution in [2.45, 2.75) is 13.1 Å². The molecule has 0 radical (unpaired) electrons. The van der Waals surface area contributed by atoms with Gasteiger partial charge in [0.25, 0.3) is 0 Å². The van der Waals surface area contributed by atoms with E-state index in [2.05, 4.69) is 5.92 Å².